The first-order chi connectivity index (χ1) is 6.66. The molecule has 0 saturated heterocycles. The summed E-state index contributed by atoms with van der Waals surface area (Å²) in [4.78, 5) is 10.8. The predicted molar refractivity (Wildman–Crippen MR) is 53.8 cm³/mol. The second kappa shape index (κ2) is 9.24. The van der Waals surface area contributed by atoms with E-state index in [1.165, 1.54) is 11.8 Å². The van der Waals surface area contributed by atoms with Gasteiger partial charge >= 0.3 is 5.97 Å². The molecule has 0 bridgehead atoms. The summed E-state index contributed by atoms with van der Waals surface area (Å²) in [5.74, 6) is 0.833. The number of carbonyl (C=O) groups is 1. The molecule has 0 aliphatic rings. The normalized spacial score (nSPS) is 10.6. The number of halogens is 2. The summed E-state index contributed by atoms with van der Waals surface area (Å²) in [6, 6.07) is 0. The zero-order valence-electron chi connectivity index (χ0n) is 8.30. The second-order valence-corrected chi connectivity index (χ2v) is 3.85. The summed E-state index contributed by atoms with van der Waals surface area (Å²) >= 11 is 1.43. The molecule has 0 spiro atoms. The third-order valence-electron chi connectivity index (χ3n) is 1.49. The van der Waals surface area contributed by atoms with Crippen LogP contribution < -0.4 is 0 Å². The maximum absolute atomic E-state index is 11.7. The largest absolute Gasteiger partial charge is 0.465 e. The van der Waals surface area contributed by atoms with E-state index in [2.05, 4.69) is 0 Å². The lowest BCUT2D eigenvalue weighted by Gasteiger charge is -2.01. The van der Waals surface area contributed by atoms with Gasteiger partial charge in [0.1, 0.15) is 0 Å². The number of ether oxygens (including phenoxy) is 1. The average molecular weight is 226 g/mol. The van der Waals surface area contributed by atoms with Gasteiger partial charge < -0.3 is 4.74 Å². The summed E-state index contributed by atoms with van der Waals surface area (Å²) in [5.41, 5.74) is 0. The molecule has 0 aliphatic carbocycles. The Morgan fingerprint density at radius 2 is 2.14 bits per heavy atom. The molecule has 0 aliphatic heterocycles. The molecular weight excluding hydrogens is 210 g/mol. The van der Waals surface area contributed by atoms with Gasteiger partial charge in [0.25, 0.3) is 0 Å². The van der Waals surface area contributed by atoms with Crippen molar-refractivity contribution in [1.29, 1.82) is 0 Å². The van der Waals surface area contributed by atoms with Crippen molar-refractivity contribution in [1.82, 2.24) is 0 Å². The molecule has 14 heavy (non-hydrogen) atoms. The van der Waals surface area contributed by atoms with Gasteiger partial charge in [0.2, 0.25) is 6.43 Å². The summed E-state index contributed by atoms with van der Waals surface area (Å²) in [6.45, 7) is 2.15. The van der Waals surface area contributed by atoms with Crippen molar-refractivity contribution in [2.45, 2.75) is 32.6 Å². The zero-order valence-corrected chi connectivity index (χ0v) is 9.12. The van der Waals surface area contributed by atoms with Gasteiger partial charge in [-0.05, 0) is 25.5 Å². The van der Waals surface area contributed by atoms with Crippen molar-refractivity contribution in [3.63, 3.8) is 0 Å². The summed E-state index contributed by atoms with van der Waals surface area (Å²) < 4.78 is 28.1. The minimum atomic E-state index is -2.20. The van der Waals surface area contributed by atoms with Crippen molar-refractivity contribution in [2.75, 3.05) is 18.1 Å². The van der Waals surface area contributed by atoms with Gasteiger partial charge in [-0.15, -0.1) is 0 Å². The van der Waals surface area contributed by atoms with Crippen molar-refractivity contribution < 1.29 is 18.3 Å². The topological polar surface area (TPSA) is 26.3 Å². The zero-order chi connectivity index (χ0) is 10.8. The Labute approximate surface area is 87.4 Å². The number of unbranched alkanes of at least 4 members (excludes halogenated alkanes) is 1. The summed E-state index contributed by atoms with van der Waals surface area (Å²) in [6.07, 6.45) is -0.993. The predicted octanol–water partition coefficient (Wildman–Crippen LogP) is 2.72. The van der Waals surface area contributed by atoms with Crippen LogP contribution in [0.25, 0.3) is 0 Å². The maximum Gasteiger partial charge on any atom is 0.315 e. The molecule has 84 valence electrons. The smallest absolute Gasteiger partial charge is 0.315 e. The van der Waals surface area contributed by atoms with Gasteiger partial charge in [0, 0.05) is 6.42 Å². The van der Waals surface area contributed by atoms with E-state index in [1.807, 2.05) is 0 Å². The number of esters is 1. The van der Waals surface area contributed by atoms with Crippen LogP contribution in [-0.4, -0.2) is 30.5 Å². The van der Waals surface area contributed by atoms with E-state index in [9.17, 15) is 13.6 Å². The lowest BCUT2D eigenvalue weighted by atomic mass is 10.3. The van der Waals surface area contributed by atoms with Crippen LogP contribution in [0.2, 0.25) is 0 Å². The van der Waals surface area contributed by atoms with Gasteiger partial charge in [0.15, 0.2) is 0 Å². The van der Waals surface area contributed by atoms with E-state index in [-0.39, 0.29) is 12.4 Å². The Balaban J connectivity index is 3.09. The fourth-order valence-electron chi connectivity index (χ4n) is 0.861. The van der Waals surface area contributed by atoms with Crippen LogP contribution in [0.3, 0.4) is 0 Å². The minimum absolute atomic E-state index is 0.0417. The average Bonchev–Trinajstić information content (AvgIpc) is 2.11. The number of hydrogen-bond acceptors (Lipinski definition) is 3. The van der Waals surface area contributed by atoms with Crippen LogP contribution in [0.15, 0.2) is 0 Å². The second-order valence-electron chi connectivity index (χ2n) is 2.74. The highest BCUT2D eigenvalue weighted by atomic mass is 32.2. The molecule has 0 unspecified atom stereocenters. The molecule has 0 aromatic heterocycles. The van der Waals surface area contributed by atoms with E-state index >= 15 is 0 Å². The number of alkyl halides is 2. The standard InChI is InChI=1S/C9H16F2O2S/c1-2-13-9(12)7-14-6-4-3-5-8(10)11/h8H,2-7H2,1H3. The molecule has 0 heterocycles. The Morgan fingerprint density at radius 1 is 1.43 bits per heavy atom. The van der Waals surface area contributed by atoms with Crippen LogP contribution >= 0.6 is 11.8 Å². The fourth-order valence-corrected chi connectivity index (χ4v) is 1.66. The maximum atomic E-state index is 11.7. The Bertz CT molecular complexity index is 154. The van der Waals surface area contributed by atoms with E-state index in [0.717, 1.165) is 12.2 Å². The third kappa shape index (κ3) is 9.77. The molecular formula is C9H16F2O2S. The van der Waals surface area contributed by atoms with Crippen LogP contribution in [-0.2, 0) is 9.53 Å². The van der Waals surface area contributed by atoms with Gasteiger partial charge in [0.05, 0.1) is 12.4 Å². The SMILES string of the molecule is CCOC(=O)CSCCCCC(F)F. The van der Waals surface area contributed by atoms with Crippen molar-refractivity contribution >= 4 is 17.7 Å². The van der Waals surface area contributed by atoms with Crippen molar-refractivity contribution in [2.24, 2.45) is 0 Å². The molecule has 0 atom stereocenters. The molecule has 0 saturated carbocycles. The number of rotatable bonds is 8. The molecule has 5 heteroatoms. The minimum Gasteiger partial charge on any atom is -0.465 e. The van der Waals surface area contributed by atoms with E-state index < -0.39 is 6.43 Å². The molecule has 0 aromatic carbocycles. The van der Waals surface area contributed by atoms with Crippen molar-refractivity contribution in [3.05, 3.63) is 0 Å². The molecule has 0 amide bonds. The number of thioether (sulfide) groups is 1. The van der Waals surface area contributed by atoms with Gasteiger partial charge in [-0.2, -0.15) is 11.8 Å². The first-order valence-corrected chi connectivity index (χ1v) is 5.83. The van der Waals surface area contributed by atoms with Crippen LogP contribution in [0, 0.1) is 0 Å². The fraction of sp³-hybridized carbons (Fsp3) is 0.889. The highest BCUT2D eigenvalue weighted by Gasteiger charge is 2.03. The lowest BCUT2D eigenvalue weighted by molar-refractivity contribution is -0.139. The van der Waals surface area contributed by atoms with E-state index in [1.54, 1.807) is 6.92 Å². The van der Waals surface area contributed by atoms with Crippen molar-refractivity contribution in [3.8, 4) is 0 Å². The molecule has 0 rings (SSSR count). The van der Waals surface area contributed by atoms with Crippen LogP contribution in [0.1, 0.15) is 26.2 Å². The van der Waals surface area contributed by atoms with Gasteiger partial charge in [-0.25, -0.2) is 8.78 Å². The highest BCUT2D eigenvalue weighted by molar-refractivity contribution is 7.99. The quantitative estimate of drug-likeness (QED) is 0.470. The first-order valence-electron chi connectivity index (χ1n) is 4.68. The monoisotopic (exact) mass is 226 g/mol. The first kappa shape index (κ1) is 13.7. The van der Waals surface area contributed by atoms with E-state index in [0.29, 0.717) is 18.8 Å². The molecule has 0 N–H and O–H groups in total. The summed E-state index contributed by atoms with van der Waals surface area (Å²) in [7, 11) is 0. The number of hydrogen-bond donors (Lipinski definition) is 0. The third-order valence-corrected chi connectivity index (χ3v) is 2.50. The Hall–Kier alpha value is -0.320. The summed E-state index contributed by atoms with van der Waals surface area (Å²) in [5, 5.41) is 0. The molecule has 0 aromatic rings. The highest BCUT2D eigenvalue weighted by Crippen LogP contribution is 2.10. The molecule has 2 nitrogen and oxygen atoms in total. The van der Waals surface area contributed by atoms with Gasteiger partial charge in [-0.3, -0.25) is 4.79 Å². The number of carbonyl (C=O) groups excluding carboxylic acids is 1. The van der Waals surface area contributed by atoms with E-state index in [4.69, 9.17) is 4.74 Å². The van der Waals surface area contributed by atoms with Crippen LogP contribution in [0.4, 0.5) is 8.78 Å². The Morgan fingerprint density at radius 3 is 2.71 bits per heavy atom. The Kier molecular flexibility index (Phi) is 9.03. The molecule has 0 fully saturated rings. The molecule has 0 radical (unpaired) electrons. The van der Waals surface area contributed by atoms with Gasteiger partial charge in [-0.1, -0.05) is 0 Å². The van der Waals surface area contributed by atoms with Crippen LogP contribution in [0.5, 0.6) is 0 Å². The lowest BCUT2D eigenvalue weighted by Crippen LogP contribution is -2.07.